The second kappa shape index (κ2) is 10.8. The topological polar surface area (TPSA) is 193 Å². The summed E-state index contributed by atoms with van der Waals surface area (Å²) < 4.78 is 5.41. The summed E-state index contributed by atoms with van der Waals surface area (Å²) in [5, 5.41) is 38.6. The van der Waals surface area contributed by atoms with Crippen LogP contribution in [-0.2, 0) is 28.0 Å². The number of H-pyrrole nitrogens is 1. The summed E-state index contributed by atoms with van der Waals surface area (Å²) in [7, 11) is 1.13. The number of aromatic hydroxyl groups is 3. The van der Waals surface area contributed by atoms with Gasteiger partial charge < -0.3 is 29.9 Å². The predicted octanol–water partition coefficient (Wildman–Crippen LogP) is 4.63. The third-order valence-corrected chi connectivity index (χ3v) is 10.3. The van der Waals surface area contributed by atoms with Crippen molar-refractivity contribution in [3.8, 4) is 17.2 Å². The summed E-state index contributed by atoms with van der Waals surface area (Å²) in [6, 6.07) is 8.54. The fourth-order valence-electron chi connectivity index (χ4n) is 6.66. The molecule has 1 spiro atoms. The molecule has 12 nitrogen and oxygen atoms in total. The van der Waals surface area contributed by atoms with E-state index in [-0.39, 0.29) is 36.1 Å². The van der Waals surface area contributed by atoms with Crippen molar-refractivity contribution < 1.29 is 44.1 Å². The van der Waals surface area contributed by atoms with Gasteiger partial charge in [0.2, 0.25) is 5.78 Å². The number of hydrogen-bond donors (Lipinski definition) is 4. The van der Waals surface area contributed by atoms with Crippen LogP contribution in [0, 0.1) is 3.57 Å². The number of carbonyl (C=O) groups is 4. The van der Waals surface area contributed by atoms with Crippen molar-refractivity contribution in [2.24, 2.45) is 5.16 Å². The predicted molar refractivity (Wildman–Crippen MR) is 175 cm³/mol. The van der Waals surface area contributed by atoms with Crippen LogP contribution in [0.15, 0.2) is 52.1 Å². The molecule has 1 atom stereocenters. The number of rotatable bonds is 5. The smallest absolute Gasteiger partial charge is 0.260 e. The Morgan fingerprint density at radius 3 is 2.30 bits per heavy atom. The van der Waals surface area contributed by atoms with Crippen LogP contribution in [0.4, 0.5) is 0 Å². The van der Waals surface area contributed by atoms with Gasteiger partial charge in [-0.1, -0.05) is 28.9 Å². The zero-order chi connectivity index (χ0) is 33.5. The summed E-state index contributed by atoms with van der Waals surface area (Å²) in [6.07, 6.45) is 2.04. The number of methoxy groups -OCH3 is 1. The summed E-state index contributed by atoms with van der Waals surface area (Å²) in [5.41, 5.74) is -4.12. The quantitative estimate of drug-likeness (QED) is 0.0733. The lowest BCUT2D eigenvalue weighted by molar-refractivity contribution is 0.0790. The number of nitrogens with zero attached hydrogens (tertiary/aromatic N) is 1. The normalized spacial score (nSPS) is 18.2. The number of halogens is 2. The van der Waals surface area contributed by atoms with Crippen LogP contribution in [0.25, 0.3) is 10.8 Å². The summed E-state index contributed by atoms with van der Waals surface area (Å²) in [4.78, 5) is 75.6. The number of phenolic OH excluding ortho intramolecular Hbond substituents is 3. The van der Waals surface area contributed by atoms with Gasteiger partial charge in [0.05, 0.1) is 46.7 Å². The Kier molecular flexibility index (Phi) is 7.02. The van der Waals surface area contributed by atoms with Gasteiger partial charge >= 0.3 is 0 Å². The highest BCUT2D eigenvalue weighted by Gasteiger charge is 2.62. The molecule has 1 aromatic heterocycles. The molecule has 4 N–H and O–H groups in total. The first-order valence-corrected chi connectivity index (χ1v) is 15.4. The lowest BCUT2D eigenvalue weighted by atomic mass is 9.76. The fourth-order valence-corrected chi connectivity index (χ4v) is 7.75. The maximum Gasteiger partial charge on any atom is 0.260 e. The molecule has 1 heterocycles. The number of carbonyl (C=O) groups excluding carboxylic acids is 4. The lowest BCUT2D eigenvalue weighted by Crippen LogP contribution is -2.36. The largest absolute Gasteiger partial charge is 0.507 e. The Morgan fingerprint density at radius 1 is 0.979 bits per heavy atom. The van der Waals surface area contributed by atoms with Crippen LogP contribution in [0.3, 0.4) is 0 Å². The summed E-state index contributed by atoms with van der Waals surface area (Å²) in [5.74, 6) is -6.76. The Morgan fingerprint density at radius 2 is 1.64 bits per heavy atom. The second-order valence-corrected chi connectivity index (χ2v) is 12.7. The van der Waals surface area contributed by atoms with Crippen LogP contribution in [0.1, 0.15) is 70.2 Å². The molecule has 0 saturated heterocycles. The molecule has 0 fully saturated rings. The molecule has 0 unspecified atom stereocenters. The van der Waals surface area contributed by atoms with Crippen molar-refractivity contribution in [1.29, 1.82) is 0 Å². The maximum atomic E-state index is 14.2. The van der Waals surface area contributed by atoms with Gasteiger partial charge in [-0.2, -0.15) is 0 Å². The van der Waals surface area contributed by atoms with E-state index in [1.807, 2.05) is 22.6 Å². The highest BCUT2D eigenvalue weighted by Crippen LogP contribution is 2.58. The monoisotopic (exact) mass is 766 g/mol. The number of nitrogens with one attached hydrogen (secondary N) is 1. The van der Waals surface area contributed by atoms with Crippen LogP contribution in [0.2, 0.25) is 5.02 Å². The number of hydrogen-bond acceptors (Lipinski definition) is 11. The number of aromatic amines is 1. The van der Waals surface area contributed by atoms with Crippen LogP contribution >= 0.6 is 34.2 Å². The van der Waals surface area contributed by atoms with Gasteiger partial charge in [0.15, 0.2) is 23.1 Å². The maximum absolute atomic E-state index is 14.2. The van der Waals surface area contributed by atoms with E-state index in [4.69, 9.17) is 21.2 Å². The number of aromatic nitrogens is 1. The van der Waals surface area contributed by atoms with Gasteiger partial charge in [-0.25, -0.2) is 0 Å². The van der Waals surface area contributed by atoms with Gasteiger partial charge in [0.25, 0.3) is 5.56 Å². The lowest BCUT2D eigenvalue weighted by Gasteiger charge is -2.23. The number of fused-ring (bicyclic) bond motifs is 5. The van der Waals surface area contributed by atoms with E-state index in [9.17, 15) is 39.3 Å². The van der Waals surface area contributed by atoms with Crippen LogP contribution in [0.5, 0.6) is 17.2 Å². The molecular weight excluding hydrogens is 747 g/mol. The number of ether oxygens (including phenoxy) is 1. The number of pyridine rings is 1. The molecule has 0 bridgehead atoms. The molecule has 236 valence electrons. The molecule has 3 aliphatic rings. The molecule has 14 heteroatoms. The van der Waals surface area contributed by atoms with E-state index in [1.54, 1.807) is 30.3 Å². The van der Waals surface area contributed by atoms with E-state index in [1.165, 1.54) is 6.21 Å². The SMILES string of the molecule is COC1=CC(=O)c2c(O)c3c(c(O)c2C1=O)C(=O)[C@]1(CCc2c1c(O)c1c(=O)[nH]c(/C=N/OCc4ccc(Cl)cc4)cc1c2I)C3=O. The molecule has 0 amide bonds. The standard InChI is InChI=1S/C33H20ClIN2O10/c1-46-18-9-17(38)20-21(26(18)39)28(41)23-22(27(20)40)30(43)33(31(23)44)7-6-15-24(33)29(42)19-16(25(15)35)8-14(37-32(19)45)10-36-47-11-12-2-4-13(34)5-3-12/h2-5,8-10,40-42H,6-7,11H2,1H3,(H,37,45)/b36-10+/t33-/m0/s1. The Hall–Kier alpha value is -5.02. The van der Waals surface area contributed by atoms with Crippen LogP contribution < -0.4 is 5.56 Å². The number of allylic oxidation sites excluding steroid dienone is 2. The third-order valence-electron chi connectivity index (χ3n) is 8.77. The van der Waals surface area contributed by atoms with Gasteiger partial charge in [-0.05, 0) is 64.8 Å². The van der Waals surface area contributed by atoms with Crippen molar-refractivity contribution in [1.82, 2.24) is 4.98 Å². The molecule has 0 saturated carbocycles. The number of Topliss-reactive ketones (excluding diaryl/α,β-unsaturated/α-hetero) is 3. The molecule has 0 radical (unpaired) electrons. The third kappa shape index (κ3) is 4.18. The molecule has 7 rings (SSSR count). The molecule has 0 aliphatic heterocycles. The Labute approximate surface area is 282 Å². The number of phenols is 3. The first kappa shape index (κ1) is 30.6. The van der Waals surface area contributed by atoms with Gasteiger partial charge in [0, 0.05) is 25.6 Å². The number of benzene rings is 3. The number of ketones is 4. The zero-order valence-corrected chi connectivity index (χ0v) is 27.0. The second-order valence-electron chi connectivity index (χ2n) is 11.2. The molecule has 47 heavy (non-hydrogen) atoms. The van der Waals surface area contributed by atoms with Crippen molar-refractivity contribution >= 4 is 74.3 Å². The number of oxime groups is 1. The zero-order valence-electron chi connectivity index (χ0n) is 24.1. The molecule has 3 aliphatic carbocycles. The molecular formula is C33H20ClIN2O10. The fraction of sp³-hybridized carbons (Fsp3) is 0.152. The van der Waals surface area contributed by atoms with Crippen LogP contribution in [-0.4, -0.2) is 56.8 Å². The minimum absolute atomic E-state index is 0.109. The summed E-state index contributed by atoms with van der Waals surface area (Å²) in [6.45, 7) is 0.143. The summed E-state index contributed by atoms with van der Waals surface area (Å²) >= 11 is 7.86. The molecule has 4 aromatic rings. The van der Waals surface area contributed by atoms with E-state index in [0.717, 1.165) is 18.7 Å². The van der Waals surface area contributed by atoms with Gasteiger partial charge in [-0.3, -0.25) is 24.0 Å². The van der Waals surface area contributed by atoms with Crippen molar-refractivity contribution in [3.63, 3.8) is 0 Å². The highest BCUT2D eigenvalue weighted by molar-refractivity contribution is 14.1. The van der Waals surface area contributed by atoms with E-state index in [2.05, 4.69) is 10.1 Å². The van der Waals surface area contributed by atoms with Crippen molar-refractivity contribution in [3.05, 3.63) is 106 Å². The van der Waals surface area contributed by atoms with Crippen molar-refractivity contribution in [2.75, 3.05) is 7.11 Å². The first-order valence-electron chi connectivity index (χ1n) is 14.0. The highest BCUT2D eigenvalue weighted by atomic mass is 127. The average molecular weight is 767 g/mol. The first-order chi connectivity index (χ1) is 22.4. The minimum Gasteiger partial charge on any atom is -0.507 e. The van der Waals surface area contributed by atoms with Crippen molar-refractivity contribution in [2.45, 2.75) is 24.9 Å². The minimum atomic E-state index is -2.14. The Balaban J connectivity index is 1.33. The molecule has 3 aromatic carbocycles. The average Bonchev–Trinajstić information content (AvgIpc) is 3.55. The van der Waals surface area contributed by atoms with E-state index < -0.39 is 79.4 Å². The van der Waals surface area contributed by atoms with E-state index in [0.29, 0.717) is 19.5 Å². The van der Waals surface area contributed by atoms with Gasteiger partial charge in [-0.15, -0.1) is 0 Å². The van der Waals surface area contributed by atoms with E-state index >= 15 is 0 Å². The van der Waals surface area contributed by atoms with Gasteiger partial charge in [0.1, 0.15) is 29.3 Å². The Bertz CT molecular complexity index is 2290.